The summed E-state index contributed by atoms with van der Waals surface area (Å²) < 4.78 is 4.64. The number of benzene rings is 1. The molecule has 1 aromatic heterocycles. The molecule has 0 saturated carbocycles. The van der Waals surface area contributed by atoms with Crippen LogP contribution in [0, 0.1) is 10.1 Å². The monoisotopic (exact) mass is 317 g/mol. The summed E-state index contributed by atoms with van der Waals surface area (Å²) in [6, 6.07) is 6.38. The molecule has 2 N–H and O–H groups in total. The molecule has 0 spiro atoms. The maximum atomic E-state index is 11.7. The number of esters is 1. The van der Waals surface area contributed by atoms with Gasteiger partial charge in [0.1, 0.15) is 5.69 Å². The predicted octanol–water partition coefficient (Wildman–Crippen LogP) is 0.928. The summed E-state index contributed by atoms with van der Waals surface area (Å²) in [7, 11) is 1.22. The van der Waals surface area contributed by atoms with Crippen LogP contribution in [0.5, 0.6) is 0 Å². The number of rotatable bonds is 4. The van der Waals surface area contributed by atoms with Gasteiger partial charge in [0.25, 0.3) is 0 Å². The summed E-state index contributed by atoms with van der Waals surface area (Å²) >= 11 is 0. The molecule has 0 unspecified atom stereocenters. The van der Waals surface area contributed by atoms with Gasteiger partial charge in [0.05, 0.1) is 17.6 Å². The van der Waals surface area contributed by atoms with E-state index in [1.165, 1.54) is 25.3 Å². The Kier molecular flexibility index (Phi) is 4.50. The van der Waals surface area contributed by atoms with E-state index >= 15 is 0 Å². The number of H-pyrrole nitrogens is 2. The molecule has 9 nitrogen and oxygen atoms in total. The third-order valence-corrected chi connectivity index (χ3v) is 2.92. The zero-order chi connectivity index (χ0) is 17.0. The predicted molar refractivity (Wildman–Crippen MR) is 81.0 cm³/mol. The average Bonchev–Trinajstić information content (AvgIpc) is 2.51. The van der Waals surface area contributed by atoms with Crippen molar-refractivity contribution in [1.29, 1.82) is 0 Å². The fourth-order valence-electron chi connectivity index (χ4n) is 1.91. The highest BCUT2D eigenvalue weighted by Crippen LogP contribution is 2.16. The SMILES string of the molecule is COC(=O)c1ccccc1/C=C/c1[nH]c(=O)[nH]c(=O)c1[N+](=O)[O-]. The van der Waals surface area contributed by atoms with Crippen LogP contribution in [0.3, 0.4) is 0 Å². The number of hydrogen-bond donors (Lipinski definition) is 2. The van der Waals surface area contributed by atoms with Crippen LogP contribution in [0.4, 0.5) is 5.69 Å². The molecule has 0 atom stereocenters. The Morgan fingerprint density at radius 3 is 2.57 bits per heavy atom. The quantitative estimate of drug-likeness (QED) is 0.489. The lowest BCUT2D eigenvalue weighted by atomic mass is 10.1. The molecule has 0 radical (unpaired) electrons. The number of carbonyl (C=O) groups is 1. The summed E-state index contributed by atoms with van der Waals surface area (Å²) in [5.41, 5.74) is -2.41. The second kappa shape index (κ2) is 6.52. The Balaban J connectivity index is 2.55. The van der Waals surface area contributed by atoms with Crippen LogP contribution in [-0.4, -0.2) is 28.0 Å². The minimum Gasteiger partial charge on any atom is -0.465 e. The lowest BCUT2D eigenvalue weighted by Crippen LogP contribution is -2.25. The Bertz CT molecular complexity index is 909. The van der Waals surface area contributed by atoms with Crippen molar-refractivity contribution in [3.05, 3.63) is 72.0 Å². The van der Waals surface area contributed by atoms with Gasteiger partial charge in [-0.2, -0.15) is 0 Å². The molecule has 0 bridgehead atoms. The van der Waals surface area contributed by atoms with E-state index in [4.69, 9.17) is 0 Å². The lowest BCUT2D eigenvalue weighted by molar-refractivity contribution is -0.386. The summed E-state index contributed by atoms with van der Waals surface area (Å²) in [6.45, 7) is 0. The molecule has 0 amide bonds. The number of hydrogen-bond acceptors (Lipinski definition) is 6. The van der Waals surface area contributed by atoms with Crippen molar-refractivity contribution in [2.24, 2.45) is 0 Å². The molecule has 2 aromatic rings. The van der Waals surface area contributed by atoms with Crippen molar-refractivity contribution in [2.45, 2.75) is 0 Å². The molecule has 0 fully saturated rings. The smallest absolute Gasteiger partial charge is 0.357 e. The number of aromatic amines is 2. The minimum atomic E-state index is -1.11. The van der Waals surface area contributed by atoms with E-state index in [0.717, 1.165) is 0 Å². The molecule has 1 heterocycles. The van der Waals surface area contributed by atoms with Crippen LogP contribution in [0.2, 0.25) is 0 Å². The van der Waals surface area contributed by atoms with Crippen LogP contribution in [0.1, 0.15) is 21.6 Å². The van der Waals surface area contributed by atoms with Gasteiger partial charge in [0.2, 0.25) is 0 Å². The molecule has 2 rings (SSSR count). The molecule has 9 heteroatoms. The Hall–Kier alpha value is -3.49. The van der Waals surface area contributed by atoms with E-state index in [1.807, 2.05) is 0 Å². The van der Waals surface area contributed by atoms with Gasteiger partial charge in [-0.05, 0) is 17.7 Å². The first-order valence-corrected chi connectivity index (χ1v) is 6.30. The fourth-order valence-corrected chi connectivity index (χ4v) is 1.91. The zero-order valence-electron chi connectivity index (χ0n) is 11.9. The van der Waals surface area contributed by atoms with Gasteiger partial charge in [-0.15, -0.1) is 0 Å². The van der Waals surface area contributed by atoms with Crippen molar-refractivity contribution < 1.29 is 14.5 Å². The first kappa shape index (κ1) is 15.9. The van der Waals surface area contributed by atoms with E-state index in [1.54, 1.807) is 23.2 Å². The van der Waals surface area contributed by atoms with Crippen molar-refractivity contribution in [1.82, 2.24) is 9.97 Å². The Labute approximate surface area is 128 Å². The largest absolute Gasteiger partial charge is 0.465 e. The van der Waals surface area contributed by atoms with Crippen molar-refractivity contribution in [3.63, 3.8) is 0 Å². The topological polar surface area (TPSA) is 135 Å². The molecule has 0 aliphatic carbocycles. The van der Waals surface area contributed by atoms with E-state index in [0.29, 0.717) is 5.56 Å². The zero-order valence-corrected chi connectivity index (χ0v) is 11.9. The summed E-state index contributed by atoms with van der Waals surface area (Å²) in [5.74, 6) is -0.584. The summed E-state index contributed by atoms with van der Waals surface area (Å²) in [5, 5.41) is 10.9. The second-order valence-electron chi connectivity index (χ2n) is 4.34. The second-order valence-corrected chi connectivity index (χ2v) is 4.34. The number of nitrogens with zero attached hydrogens (tertiary/aromatic N) is 1. The summed E-state index contributed by atoms with van der Waals surface area (Å²) in [4.78, 5) is 48.4. The van der Waals surface area contributed by atoms with E-state index in [2.05, 4.69) is 9.72 Å². The van der Waals surface area contributed by atoms with E-state index in [-0.39, 0.29) is 11.3 Å². The first-order chi connectivity index (χ1) is 10.9. The van der Waals surface area contributed by atoms with Gasteiger partial charge >= 0.3 is 22.9 Å². The van der Waals surface area contributed by atoms with Crippen LogP contribution in [-0.2, 0) is 4.74 Å². The van der Waals surface area contributed by atoms with Gasteiger partial charge in [-0.3, -0.25) is 19.9 Å². The normalized spacial score (nSPS) is 10.7. The Morgan fingerprint density at radius 2 is 1.91 bits per heavy atom. The number of carbonyl (C=O) groups excluding carboxylic acids is 1. The van der Waals surface area contributed by atoms with Gasteiger partial charge in [-0.25, -0.2) is 9.59 Å². The van der Waals surface area contributed by atoms with Gasteiger partial charge in [0.15, 0.2) is 0 Å². The minimum absolute atomic E-state index is 0.237. The van der Waals surface area contributed by atoms with Crippen LogP contribution < -0.4 is 11.2 Å². The van der Waals surface area contributed by atoms with E-state index < -0.39 is 27.8 Å². The lowest BCUT2D eigenvalue weighted by Gasteiger charge is -2.03. The van der Waals surface area contributed by atoms with E-state index in [9.17, 15) is 24.5 Å². The molecule has 0 aliphatic rings. The molecule has 23 heavy (non-hydrogen) atoms. The highest BCUT2D eigenvalue weighted by Gasteiger charge is 2.19. The highest BCUT2D eigenvalue weighted by atomic mass is 16.6. The molecule has 0 aliphatic heterocycles. The molecule has 0 saturated heterocycles. The summed E-state index contributed by atoms with van der Waals surface area (Å²) in [6.07, 6.45) is 2.54. The maximum absolute atomic E-state index is 11.7. The van der Waals surface area contributed by atoms with Crippen LogP contribution >= 0.6 is 0 Å². The third-order valence-electron chi connectivity index (χ3n) is 2.92. The maximum Gasteiger partial charge on any atom is 0.357 e. The van der Waals surface area contributed by atoms with Crippen molar-refractivity contribution in [2.75, 3.05) is 7.11 Å². The van der Waals surface area contributed by atoms with Crippen molar-refractivity contribution >= 4 is 23.8 Å². The van der Waals surface area contributed by atoms with Crippen LogP contribution in [0.25, 0.3) is 12.2 Å². The first-order valence-electron chi connectivity index (χ1n) is 6.30. The average molecular weight is 317 g/mol. The number of methoxy groups -OCH3 is 1. The number of ether oxygens (including phenoxy) is 1. The van der Waals surface area contributed by atoms with Gasteiger partial charge in [0, 0.05) is 0 Å². The van der Waals surface area contributed by atoms with Crippen molar-refractivity contribution in [3.8, 4) is 0 Å². The highest BCUT2D eigenvalue weighted by molar-refractivity contribution is 5.94. The number of nitrogens with one attached hydrogen (secondary N) is 2. The number of aromatic nitrogens is 2. The third kappa shape index (κ3) is 3.40. The molecular weight excluding hydrogens is 306 g/mol. The van der Waals surface area contributed by atoms with Gasteiger partial charge in [-0.1, -0.05) is 24.3 Å². The Morgan fingerprint density at radius 1 is 1.22 bits per heavy atom. The molecule has 118 valence electrons. The van der Waals surface area contributed by atoms with Crippen LogP contribution in [0.15, 0.2) is 33.9 Å². The molecular formula is C14H11N3O6. The fraction of sp³-hybridized carbons (Fsp3) is 0.0714. The molecule has 1 aromatic carbocycles. The number of nitro groups is 1. The van der Waals surface area contributed by atoms with Gasteiger partial charge < -0.3 is 9.72 Å². The standard InChI is InChI=1S/C14H11N3O6/c1-23-13(19)9-5-3-2-4-8(9)6-7-10-11(17(21)22)12(18)16-14(20)15-10/h2-7H,1H3,(H2,15,16,18,20)/b7-6+.